The van der Waals surface area contributed by atoms with Crippen LogP contribution in [0.5, 0.6) is 5.75 Å². The summed E-state index contributed by atoms with van der Waals surface area (Å²) in [7, 11) is 1.62. The molecule has 0 radical (unpaired) electrons. The van der Waals surface area contributed by atoms with Crippen LogP contribution in [0.25, 0.3) is 0 Å². The Morgan fingerprint density at radius 2 is 1.96 bits per heavy atom. The molecule has 1 aliphatic heterocycles. The van der Waals surface area contributed by atoms with Gasteiger partial charge in [0.25, 0.3) is 0 Å². The summed E-state index contributed by atoms with van der Waals surface area (Å²) >= 11 is 5.95. The van der Waals surface area contributed by atoms with Crippen molar-refractivity contribution < 1.29 is 9.53 Å². The number of hydrogen-bond donors (Lipinski definition) is 2. The number of amides is 1. The van der Waals surface area contributed by atoms with Gasteiger partial charge in [-0.2, -0.15) is 10.1 Å². The van der Waals surface area contributed by atoms with E-state index in [4.69, 9.17) is 16.3 Å². The van der Waals surface area contributed by atoms with Crippen molar-refractivity contribution in [1.82, 2.24) is 14.8 Å². The quantitative estimate of drug-likeness (QED) is 0.703. The third kappa shape index (κ3) is 3.29. The first kappa shape index (κ1) is 18.3. The van der Waals surface area contributed by atoms with Crippen LogP contribution in [-0.4, -0.2) is 33.8 Å². The number of hydrogen-bond acceptors (Lipinski definition) is 5. The molecule has 2 heterocycles. The second-order valence-corrected chi connectivity index (χ2v) is 7.11. The second-order valence-electron chi connectivity index (χ2n) is 6.67. The highest BCUT2D eigenvalue weighted by molar-refractivity contribution is 6.30. The van der Waals surface area contributed by atoms with Crippen molar-refractivity contribution in [3.05, 3.63) is 65.4 Å². The van der Waals surface area contributed by atoms with E-state index >= 15 is 0 Å². The van der Waals surface area contributed by atoms with Crippen molar-refractivity contribution in [2.75, 3.05) is 17.7 Å². The summed E-state index contributed by atoms with van der Waals surface area (Å²) in [6.07, 6.45) is 1.48. The minimum absolute atomic E-state index is 0.126. The molecule has 0 spiro atoms. The SMILES string of the molecule is COc1ccccc1[C@@H]1[C@@H](C(=O)Nc2ccc(Cl)cc2)[C@H](C)Nc2ncnn21. The van der Waals surface area contributed by atoms with Crippen LogP contribution in [0.2, 0.25) is 5.02 Å². The number of nitrogens with zero attached hydrogens (tertiary/aromatic N) is 3. The minimum Gasteiger partial charge on any atom is -0.496 e. The lowest BCUT2D eigenvalue weighted by Crippen LogP contribution is -2.46. The molecule has 0 saturated carbocycles. The Morgan fingerprint density at radius 3 is 2.71 bits per heavy atom. The number of aromatic nitrogens is 3. The molecule has 0 saturated heterocycles. The molecule has 0 aliphatic carbocycles. The lowest BCUT2D eigenvalue weighted by Gasteiger charge is -2.37. The topological polar surface area (TPSA) is 81.1 Å². The molecule has 1 aliphatic rings. The fraction of sp³-hybridized carbons (Fsp3) is 0.250. The van der Waals surface area contributed by atoms with E-state index in [0.717, 1.165) is 5.56 Å². The van der Waals surface area contributed by atoms with Crippen molar-refractivity contribution in [3.63, 3.8) is 0 Å². The summed E-state index contributed by atoms with van der Waals surface area (Å²) < 4.78 is 7.30. The second kappa shape index (κ2) is 7.52. The van der Waals surface area contributed by atoms with Gasteiger partial charge in [0.2, 0.25) is 11.9 Å². The highest BCUT2D eigenvalue weighted by atomic mass is 35.5. The van der Waals surface area contributed by atoms with E-state index in [-0.39, 0.29) is 18.0 Å². The average Bonchev–Trinajstić information content (AvgIpc) is 3.16. The van der Waals surface area contributed by atoms with Crippen molar-refractivity contribution in [3.8, 4) is 5.75 Å². The maximum Gasteiger partial charge on any atom is 0.232 e. The van der Waals surface area contributed by atoms with E-state index in [1.165, 1.54) is 6.33 Å². The van der Waals surface area contributed by atoms with Gasteiger partial charge in [0.1, 0.15) is 12.1 Å². The molecule has 0 bridgehead atoms. The average molecular weight is 398 g/mol. The first-order valence-electron chi connectivity index (χ1n) is 8.94. The lowest BCUT2D eigenvalue weighted by atomic mass is 9.85. The van der Waals surface area contributed by atoms with Crippen molar-refractivity contribution in [1.29, 1.82) is 0 Å². The number of carbonyl (C=O) groups excluding carboxylic acids is 1. The molecule has 1 aromatic heterocycles. The zero-order chi connectivity index (χ0) is 19.7. The van der Waals surface area contributed by atoms with E-state index in [1.54, 1.807) is 36.1 Å². The summed E-state index contributed by atoms with van der Waals surface area (Å²) in [6, 6.07) is 14.2. The number of methoxy groups -OCH3 is 1. The van der Waals surface area contributed by atoms with Crippen LogP contribution in [0.1, 0.15) is 18.5 Å². The molecule has 1 amide bonds. The summed E-state index contributed by atoms with van der Waals surface area (Å²) in [4.78, 5) is 17.6. The van der Waals surface area contributed by atoms with Crippen molar-refractivity contribution in [2.45, 2.75) is 19.0 Å². The fourth-order valence-corrected chi connectivity index (χ4v) is 3.77. The zero-order valence-electron chi connectivity index (χ0n) is 15.5. The molecule has 28 heavy (non-hydrogen) atoms. The molecule has 2 aromatic carbocycles. The van der Waals surface area contributed by atoms with Gasteiger partial charge < -0.3 is 15.4 Å². The predicted octanol–water partition coefficient (Wildman–Crippen LogP) is 3.60. The van der Waals surface area contributed by atoms with Gasteiger partial charge in [0, 0.05) is 22.3 Å². The largest absolute Gasteiger partial charge is 0.496 e. The number of nitrogens with one attached hydrogen (secondary N) is 2. The van der Waals surface area contributed by atoms with E-state index in [9.17, 15) is 4.79 Å². The molecule has 7 nitrogen and oxygen atoms in total. The van der Waals surface area contributed by atoms with Crippen LogP contribution in [-0.2, 0) is 4.79 Å². The third-order valence-electron chi connectivity index (χ3n) is 4.94. The monoisotopic (exact) mass is 397 g/mol. The molecule has 0 unspecified atom stereocenters. The Labute approximate surface area is 167 Å². The first-order valence-corrected chi connectivity index (χ1v) is 9.31. The molecule has 2 N–H and O–H groups in total. The Balaban J connectivity index is 1.75. The van der Waals surface area contributed by atoms with E-state index in [1.807, 2.05) is 31.2 Å². The maximum atomic E-state index is 13.3. The standard InChI is InChI=1S/C20H20ClN5O2/c1-12-17(19(27)25-14-9-7-13(21)8-10-14)18(26-20(24-12)22-11-23-26)15-5-3-4-6-16(15)28-2/h3-12,17-18H,1-2H3,(H,25,27)(H,22,23,24)/t12-,17-,18+/m0/s1. The van der Waals surface area contributed by atoms with E-state index in [2.05, 4.69) is 20.7 Å². The van der Waals surface area contributed by atoms with Crippen LogP contribution >= 0.6 is 11.6 Å². The first-order chi connectivity index (χ1) is 13.6. The van der Waals surface area contributed by atoms with E-state index < -0.39 is 5.92 Å². The number of anilines is 2. The fourth-order valence-electron chi connectivity index (χ4n) is 3.64. The third-order valence-corrected chi connectivity index (χ3v) is 5.20. The molecular weight excluding hydrogens is 378 g/mol. The molecule has 3 aromatic rings. The number of benzene rings is 2. The molecule has 8 heteroatoms. The summed E-state index contributed by atoms with van der Waals surface area (Å²) in [5, 5.41) is 11.2. The lowest BCUT2D eigenvalue weighted by molar-refractivity contribution is -0.121. The molecular formula is C20H20ClN5O2. The van der Waals surface area contributed by atoms with Gasteiger partial charge in [-0.3, -0.25) is 4.79 Å². The predicted molar refractivity (Wildman–Crippen MR) is 108 cm³/mol. The number of halogens is 1. The normalized spacial score (nSPS) is 20.8. The molecule has 0 fully saturated rings. The van der Waals surface area contributed by atoms with Crippen molar-refractivity contribution >= 4 is 29.1 Å². The van der Waals surface area contributed by atoms with E-state index in [0.29, 0.717) is 22.4 Å². The van der Waals surface area contributed by atoms with Gasteiger partial charge in [-0.05, 0) is 37.3 Å². The number of rotatable bonds is 4. The zero-order valence-corrected chi connectivity index (χ0v) is 16.2. The highest BCUT2D eigenvalue weighted by Crippen LogP contribution is 2.40. The van der Waals surface area contributed by atoms with Gasteiger partial charge in [-0.25, -0.2) is 4.68 Å². The Bertz CT molecular complexity index is 988. The molecule has 144 valence electrons. The number of para-hydroxylation sites is 1. The van der Waals surface area contributed by atoms with Gasteiger partial charge >= 0.3 is 0 Å². The Kier molecular flexibility index (Phi) is 4.92. The molecule has 4 rings (SSSR count). The van der Waals surface area contributed by atoms with Gasteiger partial charge in [-0.1, -0.05) is 29.8 Å². The summed E-state index contributed by atoms with van der Waals surface area (Å²) in [6.45, 7) is 1.96. The van der Waals surface area contributed by atoms with Gasteiger partial charge in [0.15, 0.2) is 0 Å². The molecule has 3 atom stereocenters. The van der Waals surface area contributed by atoms with Crippen LogP contribution in [0.15, 0.2) is 54.9 Å². The van der Waals surface area contributed by atoms with Crippen LogP contribution < -0.4 is 15.4 Å². The summed E-state index contributed by atoms with van der Waals surface area (Å²) in [5.74, 6) is 0.756. The minimum atomic E-state index is -0.443. The van der Waals surface area contributed by atoms with Crippen molar-refractivity contribution in [2.24, 2.45) is 5.92 Å². The Morgan fingerprint density at radius 1 is 1.21 bits per heavy atom. The smallest absolute Gasteiger partial charge is 0.232 e. The summed E-state index contributed by atoms with van der Waals surface area (Å²) in [5.41, 5.74) is 1.56. The maximum absolute atomic E-state index is 13.3. The highest BCUT2D eigenvalue weighted by Gasteiger charge is 2.42. The van der Waals surface area contributed by atoms with Gasteiger partial charge in [-0.15, -0.1) is 0 Å². The number of ether oxygens (including phenoxy) is 1. The Hall–Kier alpha value is -3.06. The van der Waals surface area contributed by atoms with Crippen LogP contribution in [0.3, 0.4) is 0 Å². The van der Waals surface area contributed by atoms with Crippen LogP contribution in [0.4, 0.5) is 11.6 Å². The number of carbonyl (C=O) groups is 1. The number of fused-ring (bicyclic) bond motifs is 1. The van der Waals surface area contributed by atoms with Gasteiger partial charge in [0.05, 0.1) is 19.1 Å². The van der Waals surface area contributed by atoms with Crippen LogP contribution in [0, 0.1) is 5.92 Å².